The van der Waals surface area contributed by atoms with Crippen LogP contribution in [-0.4, -0.2) is 10.1 Å². The maximum absolute atomic E-state index is 6.10. The van der Waals surface area contributed by atoms with Gasteiger partial charge in [0.25, 0.3) is 5.89 Å². The summed E-state index contributed by atoms with van der Waals surface area (Å²) < 4.78 is 12.0. The average molecular weight is 414 g/mol. The molecule has 23 heavy (non-hydrogen) atoms. The summed E-state index contributed by atoms with van der Waals surface area (Å²) in [5, 5.41) is 4.95. The lowest BCUT2D eigenvalue weighted by molar-refractivity contribution is 0.176. The third-order valence-electron chi connectivity index (χ3n) is 3.09. The molecular weight excluding hydrogens is 403 g/mol. The second kappa shape index (κ2) is 6.91. The van der Waals surface area contributed by atoms with Crippen LogP contribution in [0.25, 0.3) is 11.4 Å². The number of ether oxygens (including phenoxy) is 1. The molecule has 3 aromatic rings. The highest BCUT2D eigenvalue weighted by molar-refractivity contribution is 9.10. The van der Waals surface area contributed by atoms with Gasteiger partial charge in [0.2, 0.25) is 5.82 Å². The fourth-order valence-electron chi connectivity index (χ4n) is 1.93. The van der Waals surface area contributed by atoms with E-state index < -0.39 is 6.10 Å². The number of aromatic nitrogens is 2. The Hall–Kier alpha value is -1.56. The van der Waals surface area contributed by atoms with Crippen molar-refractivity contribution in [2.75, 3.05) is 0 Å². The van der Waals surface area contributed by atoms with Crippen molar-refractivity contribution in [3.8, 4) is 17.1 Å². The van der Waals surface area contributed by atoms with Crippen LogP contribution < -0.4 is 4.74 Å². The van der Waals surface area contributed by atoms with Gasteiger partial charge in [0.05, 0.1) is 5.02 Å². The van der Waals surface area contributed by atoms with Crippen LogP contribution in [0.1, 0.15) is 18.9 Å². The molecule has 118 valence electrons. The van der Waals surface area contributed by atoms with Crippen LogP contribution in [0.15, 0.2) is 51.5 Å². The van der Waals surface area contributed by atoms with Crippen LogP contribution in [-0.2, 0) is 0 Å². The molecule has 0 aliphatic heterocycles. The topological polar surface area (TPSA) is 48.2 Å². The Morgan fingerprint density at radius 2 is 1.87 bits per heavy atom. The number of nitrogens with zero attached hydrogens (tertiary/aromatic N) is 2. The minimum Gasteiger partial charge on any atom is -0.479 e. The summed E-state index contributed by atoms with van der Waals surface area (Å²) in [5.74, 6) is 1.38. The van der Waals surface area contributed by atoms with Crippen LogP contribution in [0.5, 0.6) is 5.75 Å². The summed E-state index contributed by atoms with van der Waals surface area (Å²) in [6.07, 6.45) is -0.439. The van der Waals surface area contributed by atoms with E-state index in [0.717, 1.165) is 10.0 Å². The summed E-state index contributed by atoms with van der Waals surface area (Å²) in [6, 6.07) is 12.7. The second-order valence-corrected chi connectivity index (χ2v) is 6.56. The molecule has 0 saturated heterocycles. The summed E-state index contributed by atoms with van der Waals surface area (Å²) in [5.41, 5.74) is 0.861. The Balaban J connectivity index is 1.78. The Kier molecular flexibility index (Phi) is 4.90. The van der Waals surface area contributed by atoms with Crippen molar-refractivity contribution in [3.63, 3.8) is 0 Å². The minimum absolute atomic E-state index is 0.369. The standard InChI is InChI=1S/C16H11BrCl2N2O2/c1-9(22-14-7-6-12(18)8-13(14)19)16-20-15(21-23-16)10-2-4-11(17)5-3-10/h2-9H,1H3/t9-/m0/s1. The molecule has 7 heteroatoms. The second-order valence-electron chi connectivity index (χ2n) is 4.80. The van der Waals surface area contributed by atoms with Gasteiger partial charge in [-0.15, -0.1) is 0 Å². The van der Waals surface area contributed by atoms with Crippen LogP contribution in [0.2, 0.25) is 10.0 Å². The van der Waals surface area contributed by atoms with Gasteiger partial charge < -0.3 is 9.26 Å². The first-order valence-corrected chi connectivity index (χ1v) is 8.29. The molecule has 0 unspecified atom stereocenters. The molecule has 0 saturated carbocycles. The molecule has 0 aliphatic carbocycles. The normalized spacial score (nSPS) is 12.2. The molecule has 1 atom stereocenters. The molecule has 0 amide bonds. The van der Waals surface area contributed by atoms with Crippen molar-refractivity contribution in [1.82, 2.24) is 10.1 Å². The largest absolute Gasteiger partial charge is 0.479 e. The lowest BCUT2D eigenvalue weighted by atomic mass is 10.2. The van der Waals surface area contributed by atoms with E-state index in [9.17, 15) is 0 Å². The van der Waals surface area contributed by atoms with Crippen LogP contribution in [0.4, 0.5) is 0 Å². The van der Waals surface area contributed by atoms with Gasteiger partial charge in [0.15, 0.2) is 6.10 Å². The molecule has 4 nitrogen and oxygen atoms in total. The third-order valence-corrected chi connectivity index (χ3v) is 4.15. The highest BCUT2D eigenvalue weighted by Gasteiger charge is 2.18. The van der Waals surface area contributed by atoms with Crippen molar-refractivity contribution in [2.24, 2.45) is 0 Å². The Morgan fingerprint density at radius 3 is 2.57 bits per heavy atom. The molecule has 0 N–H and O–H groups in total. The SMILES string of the molecule is C[C@H](Oc1ccc(Cl)cc1Cl)c1nc(-c2ccc(Br)cc2)no1. The first-order chi connectivity index (χ1) is 11.0. The van der Waals surface area contributed by atoms with E-state index in [1.807, 2.05) is 31.2 Å². The summed E-state index contributed by atoms with van der Waals surface area (Å²) in [7, 11) is 0. The van der Waals surface area contributed by atoms with E-state index in [1.54, 1.807) is 18.2 Å². The van der Waals surface area contributed by atoms with Gasteiger partial charge >= 0.3 is 0 Å². The van der Waals surface area contributed by atoms with Gasteiger partial charge in [0.1, 0.15) is 5.75 Å². The van der Waals surface area contributed by atoms with E-state index in [1.165, 1.54) is 0 Å². The van der Waals surface area contributed by atoms with Crippen molar-refractivity contribution in [2.45, 2.75) is 13.0 Å². The average Bonchev–Trinajstić information content (AvgIpc) is 3.01. The number of benzene rings is 2. The van der Waals surface area contributed by atoms with E-state index >= 15 is 0 Å². The molecule has 1 aromatic heterocycles. The fourth-order valence-corrected chi connectivity index (χ4v) is 2.65. The van der Waals surface area contributed by atoms with Crippen molar-refractivity contribution < 1.29 is 9.26 Å². The summed E-state index contributed by atoms with van der Waals surface area (Å²) >= 11 is 15.4. The number of halogens is 3. The molecule has 0 fully saturated rings. The van der Waals surface area contributed by atoms with Crippen LogP contribution in [0.3, 0.4) is 0 Å². The highest BCUT2D eigenvalue weighted by Crippen LogP contribution is 2.31. The zero-order valence-electron chi connectivity index (χ0n) is 12.0. The molecule has 0 spiro atoms. The molecule has 1 heterocycles. The summed E-state index contributed by atoms with van der Waals surface area (Å²) in [4.78, 5) is 4.37. The number of hydrogen-bond acceptors (Lipinski definition) is 4. The van der Waals surface area contributed by atoms with E-state index in [-0.39, 0.29) is 0 Å². The van der Waals surface area contributed by atoms with Crippen molar-refractivity contribution in [3.05, 3.63) is 62.9 Å². The van der Waals surface area contributed by atoms with Gasteiger partial charge in [-0.05, 0) is 49.4 Å². The van der Waals surface area contributed by atoms with Crippen LogP contribution in [0, 0.1) is 0 Å². The number of rotatable bonds is 4. The lowest BCUT2D eigenvalue weighted by Crippen LogP contribution is -2.03. The van der Waals surface area contributed by atoms with Gasteiger partial charge in [0, 0.05) is 15.1 Å². The predicted octanol–water partition coefficient (Wildman–Crippen LogP) is 5.95. The number of hydrogen-bond donors (Lipinski definition) is 0. The van der Waals surface area contributed by atoms with Gasteiger partial charge in [-0.1, -0.05) is 44.3 Å². The molecule has 0 aliphatic rings. The predicted molar refractivity (Wildman–Crippen MR) is 92.9 cm³/mol. The Labute approximate surface area is 151 Å². The fraction of sp³-hybridized carbons (Fsp3) is 0.125. The first kappa shape index (κ1) is 16.3. The molecule has 0 radical (unpaired) electrons. The molecule has 2 aromatic carbocycles. The van der Waals surface area contributed by atoms with E-state index in [2.05, 4.69) is 26.1 Å². The van der Waals surface area contributed by atoms with Crippen molar-refractivity contribution in [1.29, 1.82) is 0 Å². The Bertz CT molecular complexity index is 821. The highest BCUT2D eigenvalue weighted by atomic mass is 79.9. The maximum Gasteiger partial charge on any atom is 0.267 e. The lowest BCUT2D eigenvalue weighted by Gasteiger charge is -2.12. The molecular formula is C16H11BrCl2N2O2. The van der Waals surface area contributed by atoms with E-state index in [0.29, 0.717) is 27.5 Å². The monoisotopic (exact) mass is 412 g/mol. The van der Waals surface area contributed by atoms with Gasteiger partial charge in [-0.2, -0.15) is 4.98 Å². The zero-order chi connectivity index (χ0) is 16.4. The molecule has 3 rings (SSSR count). The van der Waals surface area contributed by atoms with Gasteiger partial charge in [-0.25, -0.2) is 0 Å². The first-order valence-electron chi connectivity index (χ1n) is 6.74. The Morgan fingerprint density at radius 1 is 1.13 bits per heavy atom. The third kappa shape index (κ3) is 3.86. The zero-order valence-corrected chi connectivity index (χ0v) is 15.1. The minimum atomic E-state index is -0.439. The van der Waals surface area contributed by atoms with E-state index in [4.69, 9.17) is 32.5 Å². The quantitative estimate of drug-likeness (QED) is 0.530. The van der Waals surface area contributed by atoms with Gasteiger partial charge in [-0.3, -0.25) is 0 Å². The summed E-state index contributed by atoms with van der Waals surface area (Å²) in [6.45, 7) is 1.81. The molecule has 0 bridgehead atoms. The van der Waals surface area contributed by atoms with Crippen molar-refractivity contribution >= 4 is 39.1 Å². The maximum atomic E-state index is 6.10. The smallest absolute Gasteiger partial charge is 0.267 e. The van der Waals surface area contributed by atoms with Crippen LogP contribution >= 0.6 is 39.1 Å².